The van der Waals surface area contributed by atoms with Crippen LogP contribution < -0.4 is 10.2 Å². The van der Waals surface area contributed by atoms with Crippen molar-refractivity contribution in [3.63, 3.8) is 0 Å². The number of nitrogens with zero attached hydrogens (tertiary/aromatic N) is 2. The monoisotopic (exact) mass is 425 g/mol. The molecule has 5 nitrogen and oxygen atoms in total. The van der Waals surface area contributed by atoms with E-state index in [2.05, 4.69) is 36.2 Å². The number of carbonyl (C=O) groups is 2. The van der Waals surface area contributed by atoms with Crippen LogP contribution in [0.15, 0.2) is 53.4 Å². The molecule has 1 N–H and O–H groups in total. The molecule has 0 aliphatic carbocycles. The van der Waals surface area contributed by atoms with Crippen LogP contribution in [0, 0.1) is 0 Å². The van der Waals surface area contributed by atoms with Gasteiger partial charge in [-0.15, -0.1) is 11.8 Å². The minimum atomic E-state index is -0.0860. The molecule has 0 radical (unpaired) electrons. The lowest BCUT2D eigenvalue weighted by Crippen LogP contribution is -2.36. The fourth-order valence-electron chi connectivity index (χ4n) is 3.62. The summed E-state index contributed by atoms with van der Waals surface area (Å²) in [7, 11) is 0. The Hall–Kier alpha value is -2.31. The number of hydrogen-bond acceptors (Lipinski definition) is 4. The normalized spacial score (nSPS) is 13.2. The van der Waals surface area contributed by atoms with Gasteiger partial charge >= 0.3 is 0 Å². The largest absolute Gasteiger partial charge is 0.352 e. The van der Waals surface area contributed by atoms with Gasteiger partial charge in [0.05, 0.1) is 5.69 Å². The number of para-hydroxylation sites is 1. The van der Waals surface area contributed by atoms with E-state index < -0.39 is 0 Å². The van der Waals surface area contributed by atoms with Crippen LogP contribution in [-0.2, 0) is 22.7 Å². The number of hydrogen-bond donors (Lipinski definition) is 1. The molecule has 0 bridgehead atoms. The number of rotatable bonds is 9. The van der Waals surface area contributed by atoms with E-state index in [9.17, 15) is 9.59 Å². The zero-order valence-electron chi connectivity index (χ0n) is 17.9. The van der Waals surface area contributed by atoms with Gasteiger partial charge in [-0.3, -0.25) is 14.5 Å². The topological polar surface area (TPSA) is 52.7 Å². The van der Waals surface area contributed by atoms with E-state index in [1.54, 1.807) is 11.8 Å². The Morgan fingerprint density at radius 3 is 2.60 bits per heavy atom. The van der Waals surface area contributed by atoms with Gasteiger partial charge in [-0.25, -0.2) is 0 Å². The first kappa shape index (κ1) is 22.4. The summed E-state index contributed by atoms with van der Waals surface area (Å²) in [4.78, 5) is 30.3. The molecule has 1 aliphatic rings. The zero-order valence-corrected chi connectivity index (χ0v) is 18.7. The highest BCUT2D eigenvalue weighted by Crippen LogP contribution is 2.34. The average molecular weight is 426 g/mol. The van der Waals surface area contributed by atoms with Crippen molar-refractivity contribution in [2.24, 2.45) is 0 Å². The van der Waals surface area contributed by atoms with E-state index in [1.807, 2.05) is 41.3 Å². The minimum Gasteiger partial charge on any atom is -0.352 e. The molecule has 30 heavy (non-hydrogen) atoms. The predicted octanol–water partition coefficient (Wildman–Crippen LogP) is 4.06. The third kappa shape index (κ3) is 6.09. The second kappa shape index (κ2) is 11.2. The Balaban J connectivity index is 1.47. The summed E-state index contributed by atoms with van der Waals surface area (Å²) in [5.74, 6) is 0.815. The van der Waals surface area contributed by atoms with Crippen molar-refractivity contribution in [3.05, 3.63) is 59.7 Å². The van der Waals surface area contributed by atoms with Crippen molar-refractivity contribution in [3.8, 4) is 0 Å². The Kier molecular flexibility index (Phi) is 8.34. The fraction of sp³-hybridized carbons (Fsp3) is 0.417. The van der Waals surface area contributed by atoms with Crippen LogP contribution in [0.5, 0.6) is 0 Å². The van der Waals surface area contributed by atoms with Crippen molar-refractivity contribution in [1.82, 2.24) is 10.2 Å². The lowest BCUT2D eigenvalue weighted by Gasteiger charge is -2.29. The Morgan fingerprint density at radius 2 is 1.80 bits per heavy atom. The molecule has 0 spiro atoms. The number of thioether (sulfide) groups is 1. The molecule has 2 aromatic rings. The predicted molar refractivity (Wildman–Crippen MR) is 124 cm³/mol. The van der Waals surface area contributed by atoms with E-state index in [4.69, 9.17) is 0 Å². The quantitative estimate of drug-likeness (QED) is 0.658. The summed E-state index contributed by atoms with van der Waals surface area (Å²) in [6.07, 6.45) is 0.441. The number of nitrogens with one attached hydrogen (secondary N) is 1. The van der Waals surface area contributed by atoms with Crippen LogP contribution in [0.4, 0.5) is 5.69 Å². The summed E-state index contributed by atoms with van der Waals surface area (Å²) in [6.45, 7) is 8.46. The van der Waals surface area contributed by atoms with Gasteiger partial charge in [0.2, 0.25) is 11.8 Å². The molecule has 1 heterocycles. The standard InChI is InChI=1S/C24H31N3O2S/c1-3-26(4-2)18-20-9-7-8-19(16-20)17-25-23(28)12-13-24(29)27-14-15-30-22-11-6-5-10-21(22)27/h5-11,16H,3-4,12-15,17-18H2,1-2H3,(H,25,28). The van der Waals surface area contributed by atoms with Gasteiger partial charge in [0, 0.05) is 43.1 Å². The Bertz CT molecular complexity index is 867. The number of benzene rings is 2. The first-order valence-electron chi connectivity index (χ1n) is 10.7. The van der Waals surface area contributed by atoms with Gasteiger partial charge in [0.1, 0.15) is 0 Å². The Labute approximate surface area is 183 Å². The molecule has 0 fully saturated rings. The van der Waals surface area contributed by atoms with E-state index in [1.165, 1.54) is 5.56 Å². The molecule has 0 saturated heterocycles. The summed E-state index contributed by atoms with van der Waals surface area (Å²) in [5, 5.41) is 2.96. The molecule has 160 valence electrons. The van der Waals surface area contributed by atoms with Crippen molar-refractivity contribution in [2.75, 3.05) is 30.3 Å². The summed E-state index contributed by atoms with van der Waals surface area (Å²) < 4.78 is 0. The highest BCUT2D eigenvalue weighted by atomic mass is 32.2. The summed E-state index contributed by atoms with van der Waals surface area (Å²) >= 11 is 1.77. The average Bonchev–Trinajstić information content (AvgIpc) is 2.79. The van der Waals surface area contributed by atoms with Crippen molar-refractivity contribution >= 4 is 29.3 Å². The van der Waals surface area contributed by atoms with E-state index in [0.29, 0.717) is 13.1 Å². The van der Waals surface area contributed by atoms with Gasteiger partial charge < -0.3 is 10.2 Å². The Morgan fingerprint density at radius 1 is 1.03 bits per heavy atom. The smallest absolute Gasteiger partial charge is 0.227 e. The van der Waals surface area contributed by atoms with E-state index in [-0.39, 0.29) is 24.7 Å². The van der Waals surface area contributed by atoms with Crippen LogP contribution in [0.3, 0.4) is 0 Å². The molecule has 2 aromatic carbocycles. The highest BCUT2D eigenvalue weighted by molar-refractivity contribution is 7.99. The van der Waals surface area contributed by atoms with Crippen LogP contribution in [0.1, 0.15) is 37.8 Å². The maximum atomic E-state index is 12.7. The van der Waals surface area contributed by atoms with Crippen LogP contribution in [-0.4, -0.2) is 42.1 Å². The molecule has 0 atom stereocenters. The van der Waals surface area contributed by atoms with Gasteiger partial charge in [0.15, 0.2) is 0 Å². The molecular weight excluding hydrogens is 394 g/mol. The first-order chi connectivity index (χ1) is 14.6. The lowest BCUT2D eigenvalue weighted by molar-refractivity contribution is -0.125. The molecule has 1 aliphatic heterocycles. The maximum absolute atomic E-state index is 12.7. The van der Waals surface area contributed by atoms with E-state index in [0.717, 1.165) is 41.5 Å². The number of fused-ring (bicyclic) bond motifs is 1. The van der Waals surface area contributed by atoms with Gasteiger partial charge in [-0.1, -0.05) is 50.2 Å². The first-order valence-corrected chi connectivity index (χ1v) is 11.7. The zero-order chi connectivity index (χ0) is 21.3. The van der Waals surface area contributed by atoms with Crippen molar-refractivity contribution < 1.29 is 9.59 Å². The summed E-state index contributed by atoms with van der Waals surface area (Å²) in [5.41, 5.74) is 3.30. The number of carbonyl (C=O) groups excluding carboxylic acids is 2. The third-order valence-electron chi connectivity index (χ3n) is 5.38. The van der Waals surface area contributed by atoms with Crippen molar-refractivity contribution in [1.29, 1.82) is 0 Å². The van der Waals surface area contributed by atoms with Gasteiger partial charge in [-0.2, -0.15) is 0 Å². The molecule has 0 unspecified atom stereocenters. The second-order valence-electron chi connectivity index (χ2n) is 7.42. The number of anilines is 1. The molecular formula is C24H31N3O2S. The molecule has 0 saturated carbocycles. The minimum absolute atomic E-state index is 0.0131. The lowest BCUT2D eigenvalue weighted by atomic mass is 10.1. The van der Waals surface area contributed by atoms with Crippen molar-refractivity contribution in [2.45, 2.75) is 44.7 Å². The van der Waals surface area contributed by atoms with Crippen LogP contribution in [0.2, 0.25) is 0 Å². The molecule has 0 aromatic heterocycles. The molecule has 6 heteroatoms. The molecule has 3 rings (SSSR count). The highest BCUT2D eigenvalue weighted by Gasteiger charge is 2.22. The van der Waals surface area contributed by atoms with E-state index >= 15 is 0 Å². The van der Waals surface area contributed by atoms with Gasteiger partial charge in [0.25, 0.3) is 0 Å². The molecule has 2 amide bonds. The summed E-state index contributed by atoms with van der Waals surface area (Å²) in [6, 6.07) is 16.3. The van der Waals surface area contributed by atoms with Crippen LogP contribution in [0.25, 0.3) is 0 Å². The maximum Gasteiger partial charge on any atom is 0.227 e. The van der Waals surface area contributed by atoms with Gasteiger partial charge in [-0.05, 0) is 36.3 Å². The van der Waals surface area contributed by atoms with Crippen LogP contribution >= 0.6 is 11.8 Å². The second-order valence-corrected chi connectivity index (χ2v) is 8.56. The third-order valence-corrected chi connectivity index (χ3v) is 6.42. The fourth-order valence-corrected chi connectivity index (χ4v) is 4.61. The SMILES string of the molecule is CCN(CC)Cc1cccc(CNC(=O)CCC(=O)N2CCSc3ccccc32)c1. The number of amides is 2.